The number of aryl methyl sites for hydroxylation is 1. The Hall–Kier alpha value is -3.32. The highest BCUT2D eigenvalue weighted by molar-refractivity contribution is 7.99. The molecule has 0 aliphatic heterocycles. The number of benzene rings is 3. The number of hydrogen-bond donors (Lipinski definition) is 1. The Morgan fingerprint density at radius 2 is 1.81 bits per heavy atom. The number of aromatic nitrogens is 3. The van der Waals surface area contributed by atoms with Crippen LogP contribution >= 0.6 is 11.8 Å². The van der Waals surface area contributed by atoms with Gasteiger partial charge in [-0.1, -0.05) is 67.2 Å². The van der Waals surface area contributed by atoms with Crippen LogP contribution in [0.4, 0.5) is 5.69 Å². The average Bonchev–Trinajstić information content (AvgIpc) is 3.16. The lowest BCUT2D eigenvalue weighted by molar-refractivity contribution is -0.113. The second-order valence-electron chi connectivity index (χ2n) is 7.11. The molecule has 0 radical (unpaired) electrons. The molecule has 0 aliphatic carbocycles. The molecule has 0 saturated heterocycles. The third-order valence-corrected chi connectivity index (χ3v) is 6.03. The molecule has 0 saturated carbocycles. The van der Waals surface area contributed by atoms with Gasteiger partial charge in [0.15, 0.2) is 11.0 Å². The molecular weight excluding hydrogens is 408 g/mol. The number of rotatable bonds is 8. The molecule has 0 unspecified atom stereocenters. The van der Waals surface area contributed by atoms with E-state index in [1.165, 1.54) is 17.3 Å². The Labute approximate surface area is 185 Å². The smallest absolute Gasteiger partial charge is 0.234 e. The van der Waals surface area contributed by atoms with Crippen LogP contribution in [0.2, 0.25) is 0 Å². The summed E-state index contributed by atoms with van der Waals surface area (Å²) in [6, 6.07) is 22.0. The van der Waals surface area contributed by atoms with E-state index in [2.05, 4.69) is 34.6 Å². The van der Waals surface area contributed by atoms with Crippen LogP contribution in [0.1, 0.15) is 18.3 Å². The number of anilines is 1. The van der Waals surface area contributed by atoms with Crippen LogP contribution in [0.15, 0.2) is 71.9 Å². The molecule has 0 fully saturated rings. The predicted molar refractivity (Wildman–Crippen MR) is 124 cm³/mol. The lowest BCUT2D eigenvalue weighted by Crippen LogP contribution is -2.14. The van der Waals surface area contributed by atoms with Gasteiger partial charge in [0, 0.05) is 18.1 Å². The van der Waals surface area contributed by atoms with Crippen LogP contribution in [0, 0.1) is 0 Å². The van der Waals surface area contributed by atoms with Crippen molar-refractivity contribution >= 4 is 34.1 Å². The van der Waals surface area contributed by atoms with Gasteiger partial charge in [0.25, 0.3) is 0 Å². The molecule has 31 heavy (non-hydrogen) atoms. The van der Waals surface area contributed by atoms with Crippen molar-refractivity contribution in [2.45, 2.75) is 25.1 Å². The quantitative estimate of drug-likeness (QED) is 0.404. The minimum absolute atomic E-state index is 0.0780. The fourth-order valence-corrected chi connectivity index (χ4v) is 3.94. The average molecular weight is 433 g/mol. The number of carbonyl (C=O) groups excluding carboxylic acids is 1. The summed E-state index contributed by atoms with van der Waals surface area (Å²) >= 11 is 1.35. The zero-order valence-corrected chi connectivity index (χ0v) is 18.4. The van der Waals surface area contributed by atoms with E-state index in [1.54, 1.807) is 0 Å². The van der Waals surface area contributed by atoms with E-state index in [1.807, 2.05) is 66.2 Å². The number of amides is 1. The molecule has 6 nitrogen and oxygen atoms in total. The molecule has 4 rings (SSSR count). The molecule has 0 spiro atoms. The Morgan fingerprint density at radius 1 is 1.03 bits per heavy atom. The van der Waals surface area contributed by atoms with Crippen LogP contribution in [-0.2, 0) is 24.9 Å². The van der Waals surface area contributed by atoms with Crippen molar-refractivity contribution in [3.8, 4) is 5.75 Å². The maximum Gasteiger partial charge on any atom is 0.234 e. The highest BCUT2D eigenvalue weighted by Crippen LogP contribution is 2.26. The van der Waals surface area contributed by atoms with Gasteiger partial charge in [-0.05, 0) is 35.6 Å². The van der Waals surface area contributed by atoms with Crippen molar-refractivity contribution in [3.63, 3.8) is 0 Å². The monoisotopic (exact) mass is 432 g/mol. The van der Waals surface area contributed by atoms with Gasteiger partial charge in [0.1, 0.15) is 12.4 Å². The van der Waals surface area contributed by atoms with Crippen molar-refractivity contribution in [3.05, 3.63) is 78.1 Å². The zero-order chi connectivity index (χ0) is 21.6. The van der Waals surface area contributed by atoms with E-state index in [0.717, 1.165) is 28.6 Å². The summed E-state index contributed by atoms with van der Waals surface area (Å²) in [7, 11) is 1.88. The third-order valence-electron chi connectivity index (χ3n) is 5.01. The molecule has 0 aliphatic rings. The minimum Gasteiger partial charge on any atom is -0.485 e. The lowest BCUT2D eigenvalue weighted by Gasteiger charge is -2.09. The van der Waals surface area contributed by atoms with Gasteiger partial charge in [-0.2, -0.15) is 0 Å². The van der Waals surface area contributed by atoms with Gasteiger partial charge in [0.2, 0.25) is 5.91 Å². The third kappa shape index (κ3) is 5.06. The number of nitrogens with zero attached hydrogens (tertiary/aromatic N) is 3. The van der Waals surface area contributed by atoms with Crippen LogP contribution < -0.4 is 10.1 Å². The number of nitrogens with one attached hydrogen (secondary N) is 1. The van der Waals surface area contributed by atoms with Gasteiger partial charge < -0.3 is 14.6 Å². The minimum atomic E-state index is -0.0780. The molecule has 1 heterocycles. The molecule has 1 aromatic heterocycles. The topological polar surface area (TPSA) is 69.0 Å². The largest absolute Gasteiger partial charge is 0.485 e. The van der Waals surface area contributed by atoms with Crippen molar-refractivity contribution in [1.29, 1.82) is 0 Å². The summed E-state index contributed by atoms with van der Waals surface area (Å²) in [5.74, 6) is 1.69. The second kappa shape index (κ2) is 9.66. The van der Waals surface area contributed by atoms with Gasteiger partial charge in [-0.25, -0.2) is 0 Å². The number of carbonyl (C=O) groups is 1. The number of thioether (sulfide) groups is 1. The van der Waals surface area contributed by atoms with Crippen LogP contribution in [-0.4, -0.2) is 26.4 Å². The van der Waals surface area contributed by atoms with Crippen LogP contribution in [0.3, 0.4) is 0 Å². The predicted octanol–water partition coefficient (Wildman–Crippen LogP) is 4.84. The van der Waals surface area contributed by atoms with E-state index >= 15 is 0 Å². The first-order valence-corrected chi connectivity index (χ1v) is 11.1. The number of ether oxygens (including phenoxy) is 1. The SMILES string of the molecule is CCc1ccc(NC(=O)CSc2nnc(COc3cccc4ccccc34)n2C)cc1. The molecule has 0 bridgehead atoms. The fourth-order valence-electron chi connectivity index (χ4n) is 3.21. The Kier molecular flexibility index (Phi) is 6.52. The zero-order valence-electron chi connectivity index (χ0n) is 17.5. The van der Waals surface area contributed by atoms with Gasteiger partial charge in [-0.3, -0.25) is 4.79 Å². The van der Waals surface area contributed by atoms with Crippen LogP contribution in [0.5, 0.6) is 5.75 Å². The van der Waals surface area contributed by atoms with Crippen LogP contribution in [0.25, 0.3) is 10.8 Å². The second-order valence-corrected chi connectivity index (χ2v) is 8.05. The molecular formula is C24H24N4O2S. The van der Waals surface area contributed by atoms with E-state index in [0.29, 0.717) is 17.6 Å². The molecule has 158 valence electrons. The standard InChI is InChI=1S/C24H24N4O2S/c1-3-17-11-13-19(14-12-17)25-23(29)16-31-24-27-26-22(28(24)2)15-30-21-10-6-8-18-7-4-5-9-20(18)21/h4-14H,3,15-16H2,1-2H3,(H,25,29). The maximum absolute atomic E-state index is 12.3. The Morgan fingerprint density at radius 3 is 2.61 bits per heavy atom. The first kappa shape index (κ1) is 20.9. The van der Waals surface area contributed by atoms with Crippen molar-refractivity contribution in [1.82, 2.24) is 14.8 Å². The van der Waals surface area contributed by atoms with Crippen molar-refractivity contribution in [2.75, 3.05) is 11.1 Å². The molecule has 7 heteroatoms. The molecule has 0 atom stereocenters. The summed E-state index contributed by atoms with van der Waals surface area (Å²) in [6.45, 7) is 2.40. The summed E-state index contributed by atoms with van der Waals surface area (Å²) in [6.07, 6.45) is 0.975. The fraction of sp³-hybridized carbons (Fsp3) is 0.208. The van der Waals surface area contributed by atoms with E-state index < -0.39 is 0 Å². The van der Waals surface area contributed by atoms with E-state index in [4.69, 9.17) is 4.74 Å². The van der Waals surface area contributed by atoms with Gasteiger partial charge >= 0.3 is 0 Å². The van der Waals surface area contributed by atoms with Crippen molar-refractivity contribution < 1.29 is 9.53 Å². The summed E-state index contributed by atoms with van der Waals surface area (Å²) in [5.41, 5.74) is 2.04. The Balaban J connectivity index is 1.34. The summed E-state index contributed by atoms with van der Waals surface area (Å²) in [5, 5.41) is 14.2. The van der Waals surface area contributed by atoms with E-state index in [-0.39, 0.29) is 11.7 Å². The molecule has 1 amide bonds. The first-order valence-electron chi connectivity index (χ1n) is 10.1. The highest BCUT2D eigenvalue weighted by Gasteiger charge is 2.13. The summed E-state index contributed by atoms with van der Waals surface area (Å²) in [4.78, 5) is 12.3. The number of fused-ring (bicyclic) bond motifs is 1. The Bertz CT molecular complexity index is 1180. The maximum atomic E-state index is 12.3. The lowest BCUT2D eigenvalue weighted by atomic mass is 10.1. The van der Waals surface area contributed by atoms with E-state index in [9.17, 15) is 4.79 Å². The highest BCUT2D eigenvalue weighted by atomic mass is 32.2. The first-order chi connectivity index (χ1) is 15.1. The van der Waals surface area contributed by atoms with Crippen molar-refractivity contribution in [2.24, 2.45) is 7.05 Å². The van der Waals surface area contributed by atoms with Gasteiger partial charge in [-0.15, -0.1) is 10.2 Å². The van der Waals surface area contributed by atoms with Gasteiger partial charge in [0.05, 0.1) is 5.75 Å². The molecule has 4 aromatic rings. The molecule has 1 N–H and O–H groups in total. The number of hydrogen-bond acceptors (Lipinski definition) is 5. The summed E-state index contributed by atoms with van der Waals surface area (Å²) < 4.78 is 7.87. The normalized spacial score (nSPS) is 10.9. The molecule has 3 aromatic carbocycles.